The van der Waals surface area contributed by atoms with E-state index in [0.717, 1.165) is 0 Å². The summed E-state index contributed by atoms with van der Waals surface area (Å²) in [4.78, 5) is 21.8. The lowest BCUT2D eigenvalue weighted by atomic mass is 9.72. The summed E-state index contributed by atoms with van der Waals surface area (Å²) in [6.45, 7) is 12.4. The molecular weight excluding hydrogens is 192 g/mol. The van der Waals surface area contributed by atoms with Gasteiger partial charge in [-0.2, -0.15) is 0 Å². The summed E-state index contributed by atoms with van der Waals surface area (Å²) in [5, 5.41) is 0. The summed E-state index contributed by atoms with van der Waals surface area (Å²) in [6, 6.07) is 0. The van der Waals surface area contributed by atoms with Crippen LogP contribution in [0.5, 0.6) is 0 Å². The largest absolute Gasteiger partial charge is 0.395 e. The van der Waals surface area contributed by atoms with E-state index in [-0.39, 0.29) is 23.2 Å². The second-order valence-electron chi connectivity index (χ2n) is 6.22. The van der Waals surface area contributed by atoms with Crippen molar-refractivity contribution in [2.45, 2.75) is 48.0 Å². The third-order valence-corrected chi connectivity index (χ3v) is 2.31. The lowest BCUT2D eigenvalue weighted by molar-refractivity contribution is -0.158. The van der Waals surface area contributed by atoms with Gasteiger partial charge in [-0.1, -0.05) is 41.5 Å². The number of ether oxygens (including phenoxy) is 1. The molecule has 0 aliphatic carbocycles. The van der Waals surface area contributed by atoms with Crippen LogP contribution in [0, 0.1) is 16.7 Å². The van der Waals surface area contributed by atoms with Gasteiger partial charge in [0.15, 0.2) is 0 Å². The van der Waals surface area contributed by atoms with E-state index in [4.69, 9.17) is 0 Å². The molecule has 1 unspecified atom stereocenters. The Bertz CT molecular complexity index is 230. The number of rotatable bonds is 3. The summed E-state index contributed by atoms with van der Waals surface area (Å²) in [6.07, 6.45) is 0.711. The van der Waals surface area contributed by atoms with Gasteiger partial charge in [0, 0.05) is 0 Å². The molecule has 0 aromatic heterocycles. The number of carbonyl (C=O) groups is 2. The molecule has 0 saturated carbocycles. The van der Waals surface area contributed by atoms with Crippen molar-refractivity contribution < 1.29 is 14.3 Å². The minimum Gasteiger partial charge on any atom is -0.395 e. The Morgan fingerprint density at radius 2 is 1.67 bits per heavy atom. The average Bonchev–Trinajstić information content (AvgIpc) is 1.97. The topological polar surface area (TPSA) is 43.4 Å². The molecule has 0 N–H and O–H groups in total. The fourth-order valence-corrected chi connectivity index (χ4v) is 1.48. The molecule has 0 aromatic rings. The molecule has 0 rings (SSSR count). The van der Waals surface area contributed by atoms with Crippen LogP contribution in [0.3, 0.4) is 0 Å². The van der Waals surface area contributed by atoms with Crippen LogP contribution in [-0.2, 0) is 14.3 Å². The van der Waals surface area contributed by atoms with Gasteiger partial charge in [0.2, 0.25) is 0 Å². The number of carbonyl (C=O) groups excluding carboxylic acids is 2. The van der Waals surface area contributed by atoms with Gasteiger partial charge in [-0.25, -0.2) is 0 Å². The maximum Gasteiger partial charge on any atom is 0.316 e. The smallest absolute Gasteiger partial charge is 0.316 e. The van der Waals surface area contributed by atoms with E-state index >= 15 is 0 Å². The molecule has 0 aliphatic rings. The van der Waals surface area contributed by atoms with E-state index in [1.54, 1.807) is 0 Å². The monoisotopic (exact) mass is 214 g/mol. The zero-order chi connectivity index (χ0) is 12.3. The summed E-state index contributed by atoms with van der Waals surface area (Å²) in [7, 11) is 0. The van der Waals surface area contributed by atoms with E-state index in [0.29, 0.717) is 6.42 Å². The summed E-state index contributed by atoms with van der Waals surface area (Å²) >= 11 is 0. The highest BCUT2D eigenvalue weighted by Gasteiger charge is 2.35. The van der Waals surface area contributed by atoms with Gasteiger partial charge >= 0.3 is 12.4 Å². The van der Waals surface area contributed by atoms with Crippen LogP contribution in [0.15, 0.2) is 0 Å². The van der Waals surface area contributed by atoms with Gasteiger partial charge in [0.1, 0.15) is 0 Å². The van der Waals surface area contributed by atoms with Gasteiger partial charge in [0.25, 0.3) is 0 Å². The molecule has 0 fully saturated rings. The molecule has 0 radical (unpaired) electrons. The van der Waals surface area contributed by atoms with E-state index < -0.39 is 5.97 Å². The van der Waals surface area contributed by atoms with E-state index in [9.17, 15) is 9.59 Å². The van der Waals surface area contributed by atoms with Crippen LogP contribution >= 0.6 is 0 Å². The molecular formula is C12H22O3. The zero-order valence-electron chi connectivity index (χ0n) is 10.6. The summed E-state index contributed by atoms with van der Waals surface area (Å²) in [5.41, 5.74) is -0.146. The fraction of sp³-hybridized carbons (Fsp3) is 0.833. The molecule has 0 bridgehead atoms. The van der Waals surface area contributed by atoms with Crippen LogP contribution < -0.4 is 0 Å². The molecule has 3 nitrogen and oxygen atoms in total. The van der Waals surface area contributed by atoms with Gasteiger partial charge < -0.3 is 4.74 Å². The molecule has 15 heavy (non-hydrogen) atoms. The molecule has 0 saturated heterocycles. The molecule has 88 valence electrons. The zero-order valence-corrected chi connectivity index (χ0v) is 10.6. The first-order chi connectivity index (χ1) is 6.58. The number of esters is 1. The van der Waals surface area contributed by atoms with Crippen LogP contribution in [0.1, 0.15) is 48.0 Å². The molecule has 0 spiro atoms. The standard InChI is InChI=1S/C12H22O3/c1-11(2,3)7-9(12(4,5)6)10(14)15-8-13/h8-9H,7H2,1-6H3. The van der Waals surface area contributed by atoms with Crippen molar-refractivity contribution in [1.29, 1.82) is 0 Å². The van der Waals surface area contributed by atoms with Gasteiger partial charge in [0.05, 0.1) is 5.92 Å². The molecule has 1 atom stereocenters. The van der Waals surface area contributed by atoms with Crippen LogP contribution in [-0.4, -0.2) is 12.4 Å². The maximum atomic E-state index is 11.6. The maximum absolute atomic E-state index is 11.6. The minimum absolute atomic E-state index is 0.0415. The first-order valence-corrected chi connectivity index (χ1v) is 5.22. The van der Waals surface area contributed by atoms with Gasteiger partial charge in [-0.15, -0.1) is 0 Å². The summed E-state index contributed by atoms with van der Waals surface area (Å²) in [5.74, 6) is -0.671. The molecule has 0 heterocycles. The predicted molar refractivity (Wildman–Crippen MR) is 59.2 cm³/mol. The lowest BCUT2D eigenvalue weighted by Gasteiger charge is -2.33. The van der Waals surface area contributed by atoms with Gasteiger partial charge in [-0.05, 0) is 17.3 Å². The lowest BCUT2D eigenvalue weighted by Crippen LogP contribution is -2.33. The molecule has 3 heteroatoms. The van der Waals surface area contributed by atoms with Crippen molar-refractivity contribution >= 4 is 12.4 Å². The highest BCUT2D eigenvalue weighted by molar-refractivity contribution is 5.79. The first-order valence-electron chi connectivity index (χ1n) is 5.22. The Morgan fingerprint density at radius 1 is 1.20 bits per heavy atom. The predicted octanol–water partition coefficient (Wildman–Crippen LogP) is 2.78. The number of hydrogen-bond donors (Lipinski definition) is 0. The third-order valence-electron chi connectivity index (χ3n) is 2.31. The highest BCUT2D eigenvalue weighted by atomic mass is 16.6. The van der Waals surface area contributed by atoms with Crippen molar-refractivity contribution in [3.05, 3.63) is 0 Å². The Hall–Kier alpha value is -0.860. The molecule has 0 aromatic carbocycles. The van der Waals surface area contributed by atoms with Crippen molar-refractivity contribution in [2.24, 2.45) is 16.7 Å². The van der Waals surface area contributed by atoms with Crippen LogP contribution in [0.4, 0.5) is 0 Å². The quantitative estimate of drug-likeness (QED) is 0.412. The van der Waals surface area contributed by atoms with Crippen molar-refractivity contribution in [2.75, 3.05) is 0 Å². The fourth-order valence-electron chi connectivity index (χ4n) is 1.48. The van der Waals surface area contributed by atoms with Crippen LogP contribution in [0.25, 0.3) is 0 Å². The SMILES string of the molecule is CC(C)(C)CC(C(=O)OC=O)C(C)(C)C. The normalized spacial score (nSPS) is 14.5. The minimum atomic E-state index is -0.424. The molecule has 0 aliphatic heterocycles. The Morgan fingerprint density at radius 3 is 1.93 bits per heavy atom. The number of hydrogen-bond acceptors (Lipinski definition) is 3. The highest BCUT2D eigenvalue weighted by Crippen LogP contribution is 2.36. The Balaban J connectivity index is 4.75. The third kappa shape index (κ3) is 5.55. The van der Waals surface area contributed by atoms with Crippen molar-refractivity contribution in [1.82, 2.24) is 0 Å². The van der Waals surface area contributed by atoms with E-state index in [1.165, 1.54) is 0 Å². The molecule has 0 amide bonds. The van der Waals surface area contributed by atoms with Crippen molar-refractivity contribution in [3.63, 3.8) is 0 Å². The second-order valence-corrected chi connectivity index (χ2v) is 6.22. The Kier molecular flexibility index (Phi) is 4.50. The first kappa shape index (κ1) is 14.1. The van der Waals surface area contributed by atoms with Gasteiger partial charge in [-0.3, -0.25) is 9.59 Å². The van der Waals surface area contributed by atoms with E-state index in [2.05, 4.69) is 25.5 Å². The van der Waals surface area contributed by atoms with Crippen LogP contribution in [0.2, 0.25) is 0 Å². The van der Waals surface area contributed by atoms with E-state index in [1.807, 2.05) is 20.8 Å². The van der Waals surface area contributed by atoms with Crippen molar-refractivity contribution in [3.8, 4) is 0 Å². The Labute approximate surface area is 92.2 Å². The summed E-state index contributed by atoms with van der Waals surface area (Å²) < 4.78 is 4.46. The second kappa shape index (κ2) is 4.77. The average molecular weight is 214 g/mol.